The smallest absolute Gasteiger partial charge is 0.325 e. The predicted octanol–water partition coefficient (Wildman–Crippen LogP) is 3.73. The van der Waals surface area contributed by atoms with E-state index in [2.05, 4.69) is 10.6 Å². The summed E-state index contributed by atoms with van der Waals surface area (Å²) in [5, 5.41) is 5.07. The van der Waals surface area contributed by atoms with E-state index in [0.29, 0.717) is 23.3 Å². The fourth-order valence-corrected chi connectivity index (χ4v) is 4.50. The number of fused-ring (bicyclic) bond motifs is 1. The summed E-state index contributed by atoms with van der Waals surface area (Å²) in [7, 11) is 0. The highest BCUT2D eigenvalue weighted by atomic mass is 35.5. The number of halogens is 2. The third-order valence-corrected chi connectivity index (χ3v) is 6.60. The van der Waals surface area contributed by atoms with Crippen molar-refractivity contribution in [3.63, 3.8) is 0 Å². The summed E-state index contributed by atoms with van der Waals surface area (Å²) >= 11 is 5.87. The number of amides is 2. The molecule has 0 radical (unpaired) electrons. The molecule has 11 heteroatoms. The van der Waals surface area contributed by atoms with Crippen molar-refractivity contribution in [2.24, 2.45) is 11.7 Å². The molecule has 210 valence electrons. The lowest BCUT2D eigenvalue weighted by Crippen LogP contribution is -2.56. The molecule has 3 atom stereocenters. The third kappa shape index (κ3) is 7.33. The van der Waals surface area contributed by atoms with Crippen molar-refractivity contribution in [2.75, 3.05) is 6.54 Å². The molecule has 0 unspecified atom stereocenters. The van der Waals surface area contributed by atoms with Crippen molar-refractivity contribution in [1.29, 1.82) is 0 Å². The standard InChI is InChI=1S/C28H33ClFN3O6/c1-14(2)10-21(31)27(37)32-13-23(35)38-25-24(33-26(36)17-6-8-20(30)19(29)12-17)18-11-16(15(3)34)7-9-22(18)39-28(25,4)5/h6-9,11-12,14,21,24-25H,10,13,31H2,1-5H3,(H,32,37)(H,33,36)/t21-,24-,25-/m0/s1. The van der Waals surface area contributed by atoms with Gasteiger partial charge in [-0.15, -0.1) is 0 Å². The van der Waals surface area contributed by atoms with E-state index in [4.69, 9.17) is 26.8 Å². The van der Waals surface area contributed by atoms with E-state index in [-0.39, 0.29) is 22.3 Å². The molecule has 3 rings (SSSR count). The molecule has 0 saturated carbocycles. The molecule has 1 aliphatic rings. The Labute approximate surface area is 231 Å². The number of hydrogen-bond donors (Lipinski definition) is 3. The minimum Gasteiger partial charge on any atom is -0.484 e. The average Bonchev–Trinajstić information content (AvgIpc) is 2.85. The Kier molecular flexibility index (Phi) is 9.34. The van der Waals surface area contributed by atoms with Gasteiger partial charge in [-0.1, -0.05) is 25.4 Å². The normalized spacial score (nSPS) is 18.4. The number of nitrogens with one attached hydrogen (secondary N) is 2. The number of ether oxygens (including phenoxy) is 2. The first-order valence-electron chi connectivity index (χ1n) is 12.5. The van der Waals surface area contributed by atoms with Gasteiger partial charge in [-0.2, -0.15) is 0 Å². The number of nitrogens with two attached hydrogens (primary N) is 1. The summed E-state index contributed by atoms with van der Waals surface area (Å²) in [6.07, 6.45) is -0.637. The van der Waals surface area contributed by atoms with Crippen LogP contribution in [0.4, 0.5) is 4.39 Å². The van der Waals surface area contributed by atoms with Crippen LogP contribution in [0.2, 0.25) is 5.02 Å². The molecule has 0 saturated heterocycles. The molecule has 2 aromatic rings. The van der Waals surface area contributed by atoms with Gasteiger partial charge < -0.3 is 25.8 Å². The molecule has 39 heavy (non-hydrogen) atoms. The minimum absolute atomic E-state index is 0.0754. The maximum atomic E-state index is 13.7. The molecule has 0 spiro atoms. The van der Waals surface area contributed by atoms with Crippen molar-refractivity contribution >= 4 is 35.2 Å². The van der Waals surface area contributed by atoms with Gasteiger partial charge in [0.2, 0.25) is 5.91 Å². The highest BCUT2D eigenvalue weighted by Gasteiger charge is 2.47. The van der Waals surface area contributed by atoms with Gasteiger partial charge in [0.1, 0.15) is 23.7 Å². The van der Waals surface area contributed by atoms with Gasteiger partial charge in [-0.25, -0.2) is 4.39 Å². The largest absolute Gasteiger partial charge is 0.484 e. The van der Waals surface area contributed by atoms with Crippen LogP contribution in [0.5, 0.6) is 5.75 Å². The highest BCUT2D eigenvalue weighted by Crippen LogP contribution is 2.42. The Balaban J connectivity index is 1.91. The number of benzene rings is 2. The van der Waals surface area contributed by atoms with Gasteiger partial charge in [0.05, 0.1) is 17.1 Å². The van der Waals surface area contributed by atoms with Gasteiger partial charge in [0, 0.05) is 16.7 Å². The van der Waals surface area contributed by atoms with Gasteiger partial charge in [0.25, 0.3) is 5.91 Å². The second-order valence-electron chi connectivity index (χ2n) is 10.5. The maximum Gasteiger partial charge on any atom is 0.325 e. The summed E-state index contributed by atoms with van der Waals surface area (Å²) in [6, 6.07) is 6.53. The van der Waals surface area contributed by atoms with Crippen LogP contribution in [0, 0.1) is 11.7 Å². The number of ketones is 1. The van der Waals surface area contributed by atoms with Crippen molar-refractivity contribution in [2.45, 2.75) is 64.8 Å². The number of carbonyl (C=O) groups is 4. The van der Waals surface area contributed by atoms with Crippen LogP contribution in [0.3, 0.4) is 0 Å². The van der Waals surface area contributed by atoms with Crippen LogP contribution in [0.15, 0.2) is 36.4 Å². The lowest BCUT2D eigenvalue weighted by atomic mass is 9.85. The lowest BCUT2D eigenvalue weighted by molar-refractivity contribution is -0.164. The first-order valence-corrected chi connectivity index (χ1v) is 12.9. The van der Waals surface area contributed by atoms with Gasteiger partial charge in [-0.05, 0) is 69.5 Å². The van der Waals surface area contributed by atoms with Gasteiger partial charge >= 0.3 is 5.97 Å². The van der Waals surface area contributed by atoms with E-state index in [9.17, 15) is 23.6 Å². The van der Waals surface area contributed by atoms with E-state index < -0.39 is 53.9 Å². The SMILES string of the molecule is CC(=O)c1ccc2c(c1)[C@H](NC(=O)c1ccc(F)c(Cl)c1)[C@H](OC(=O)CNC(=O)[C@@H](N)CC(C)C)C(C)(C)O2. The van der Waals surface area contributed by atoms with E-state index in [1.54, 1.807) is 32.0 Å². The summed E-state index contributed by atoms with van der Waals surface area (Å²) in [4.78, 5) is 50.5. The number of carbonyl (C=O) groups excluding carboxylic acids is 4. The molecule has 9 nitrogen and oxygen atoms in total. The fraction of sp³-hybridized carbons (Fsp3) is 0.429. The monoisotopic (exact) mass is 561 g/mol. The maximum absolute atomic E-state index is 13.7. The van der Waals surface area contributed by atoms with Crippen LogP contribution < -0.4 is 21.1 Å². The molecule has 2 aromatic carbocycles. The Morgan fingerprint density at radius 2 is 1.79 bits per heavy atom. The van der Waals surface area contributed by atoms with Crippen LogP contribution in [-0.4, -0.2) is 47.9 Å². The third-order valence-electron chi connectivity index (χ3n) is 6.31. The Bertz CT molecular complexity index is 1280. The lowest BCUT2D eigenvalue weighted by Gasteiger charge is -2.44. The summed E-state index contributed by atoms with van der Waals surface area (Å²) in [5.41, 5.74) is 5.58. The molecular formula is C28H33ClFN3O6. The average molecular weight is 562 g/mol. The molecule has 1 aliphatic heterocycles. The van der Waals surface area contributed by atoms with Crippen molar-refractivity contribution < 1.29 is 33.0 Å². The Morgan fingerprint density at radius 3 is 2.41 bits per heavy atom. The number of rotatable bonds is 9. The van der Waals surface area contributed by atoms with E-state index in [1.807, 2.05) is 13.8 Å². The van der Waals surface area contributed by atoms with Gasteiger partial charge in [-0.3, -0.25) is 19.2 Å². The first kappa shape index (κ1) is 30.0. The molecule has 1 heterocycles. The fourth-order valence-electron chi connectivity index (χ4n) is 4.32. The van der Waals surface area contributed by atoms with E-state index in [1.165, 1.54) is 19.1 Å². The number of hydrogen-bond acceptors (Lipinski definition) is 7. The Hall–Kier alpha value is -3.50. The highest BCUT2D eigenvalue weighted by molar-refractivity contribution is 6.31. The number of Topliss-reactive ketones (excluding diaryl/α,β-unsaturated/α-hetero) is 1. The Morgan fingerprint density at radius 1 is 1.13 bits per heavy atom. The topological polar surface area (TPSA) is 137 Å². The quantitative estimate of drug-likeness (QED) is 0.313. The van der Waals surface area contributed by atoms with Crippen molar-refractivity contribution in [3.8, 4) is 5.75 Å². The zero-order valence-electron chi connectivity index (χ0n) is 22.5. The molecule has 0 fully saturated rings. The van der Waals surface area contributed by atoms with Crippen LogP contribution in [0.25, 0.3) is 0 Å². The second kappa shape index (κ2) is 12.1. The van der Waals surface area contributed by atoms with E-state index in [0.717, 1.165) is 6.07 Å². The summed E-state index contributed by atoms with van der Waals surface area (Å²) < 4.78 is 25.6. The molecule has 4 N–H and O–H groups in total. The van der Waals surface area contributed by atoms with Crippen molar-refractivity contribution in [3.05, 3.63) is 63.9 Å². The molecule has 0 bridgehead atoms. The van der Waals surface area contributed by atoms with Crippen LogP contribution >= 0.6 is 11.6 Å². The molecule has 2 amide bonds. The van der Waals surface area contributed by atoms with Crippen LogP contribution in [-0.2, 0) is 14.3 Å². The van der Waals surface area contributed by atoms with Crippen molar-refractivity contribution in [1.82, 2.24) is 10.6 Å². The molecule has 0 aromatic heterocycles. The summed E-state index contributed by atoms with van der Waals surface area (Å²) in [5.74, 6) is -2.21. The molecular weight excluding hydrogens is 529 g/mol. The van der Waals surface area contributed by atoms with E-state index >= 15 is 0 Å². The molecule has 0 aliphatic carbocycles. The summed E-state index contributed by atoms with van der Waals surface area (Å²) in [6.45, 7) is 8.15. The first-order chi connectivity index (χ1) is 18.2. The van der Waals surface area contributed by atoms with Crippen LogP contribution in [0.1, 0.15) is 73.4 Å². The minimum atomic E-state index is -1.14. The zero-order chi connectivity index (χ0) is 29.1. The number of esters is 1. The predicted molar refractivity (Wildman–Crippen MR) is 143 cm³/mol. The second-order valence-corrected chi connectivity index (χ2v) is 10.9. The zero-order valence-corrected chi connectivity index (χ0v) is 23.2. The van der Waals surface area contributed by atoms with Gasteiger partial charge in [0.15, 0.2) is 11.9 Å².